The highest BCUT2D eigenvalue weighted by Gasteiger charge is 2.14. The highest BCUT2D eigenvalue weighted by molar-refractivity contribution is 5.98. The number of rotatable bonds is 1. The molecule has 0 saturated carbocycles. The Balaban J connectivity index is 2.46. The molecule has 0 aliphatic rings. The van der Waals surface area contributed by atoms with Crippen molar-refractivity contribution < 1.29 is 0 Å². The van der Waals surface area contributed by atoms with Crippen LogP contribution in [0.3, 0.4) is 0 Å². The van der Waals surface area contributed by atoms with E-state index >= 15 is 0 Å². The molecule has 0 spiro atoms. The molecule has 1 aromatic carbocycles. The molecule has 2 aromatic heterocycles. The number of aromatic amines is 1. The Bertz CT molecular complexity index is 797. The van der Waals surface area contributed by atoms with E-state index < -0.39 is 0 Å². The number of imidazole rings is 1. The molecule has 0 aliphatic heterocycles. The topological polar surface area (TPSA) is 91.4 Å². The monoisotopic (exact) mass is 249 g/mol. The molecule has 0 amide bonds. The largest absolute Gasteiger partial charge is 0.383 e. The Morgan fingerprint density at radius 2 is 2.21 bits per heavy atom. The van der Waals surface area contributed by atoms with Gasteiger partial charge in [-0.15, -0.1) is 0 Å². The molecular formula is C14H11N5. The second-order valence-corrected chi connectivity index (χ2v) is 4.27. The Morgan fingerprint density at radius 3 is 2.89 bits per heavy atom. The highest BCUT2D eigenvalue weighted by Crippen LogP contribution is 2.31. The molecule has 0 unspecified atom stereocenters. The predicted octanol–water partition coefficient (Wildman–Crippen LogP) is 2.39. The summed E-state index contributed by atoms with van der Waals surface area (Å²) in [5.41, 5.74) is 9.73. The quantitative estimate of drug-likeness (QED) is 0.692. The Labute approximate surface area is 109 Å². The first kappa shape index (κ1) is 11.2. The first-order chi connectivity index (χ1) is 9.22. The van der Waals surface area contributed by atoms with Crippen LogP contribution in [0.1, 0.15) is 11.1 Å². The van der Waals surface area contributed by atoms with E-state index in [-0.39, 0.29) is 5.82 Å². The zero-order chi connectivity index (χ0) is 13.4. The third-order valence-corrected chi connectivity index (χ3v) is 3.19. The number of H-pyrrole nitrogens is 1. The van der Waals surface area contributed by atoms with E-state index in [1.165, 1.54) is 0 Å². The standard InChI is InChI=1S/C14H11N5/c1-8-10(5-15)14(16)19-11-4-2-3-9(13(8)11)12-6-17-7-18-12/h2-4,6-7H,1H3,(H2,16,19)(H,17,18). The SMILES string of the molecule is Cc1c(C#N)c(N)nc2cccc(-c3cnc[nH]3)c12. The third kappa shape index (κ3) is 1.62. The van der Waals surface area contributed by atoms with Crippen molar-refractivity contribution in [1.82, 2.24) is 15.0 Å². The van der Waals surface area contributed by atoms with Crippen molar-refractivity contribution in [3.63, 3.8) is 0 Å². The van der Waals surface area contributed by atoms with Crippen molar-refractivity contribution in [3.8, 4) is 17.3 Å². The maximum atomic E-state index is 9.19. The minimum Gasteiger partial charge on any atom is -0.383 e. The van der Waals surface area contributed by atoms with E-state index in [0.717, 1.165) is 27.7 Å². The number of hydrogen-bond donors (Lipinski definition) is 2. The number of benzene rings is 1. The number of nitrogens with zero attached hydrogens (tertiary/aromatic N) is 3. The summed E-state index contributed by atoms with van der Waals surface area (Å²) in [5, 5.41) is 10.1. The van der Waals surface area contributed by atoms with Gasteiger partial charge in [-0.1, -0.05) is 12.1 Å². The number of fused-ring (bicyclic) bond motifs is 1. The van der Waals surface area contributed by atoms with E-state index in [4.69, 9.17) is 5.73 Å². The van der Waals surface area contributed by atoms with Crippen molar-refractivity contribution in [1.29, 1.82) is 5.26 Å². The molecule has 0 aliphatic carbocycles. The van der Waals surface area contributed by atoms with Gasteiger partial charge >= 0.3 is 0 Å². The number of aryl methyl sites for hydroxylation is 1. The lowest BCUT2D eigenvalue weighted by Gasteiger charge is -2.10. The van der Waals surface area contributed by atoms with Crippen molar-refractivity contribution in [2.24, 2.45) is 0 Å². The van der Waals surface area contributed by atoms with Gasteiger partial charge in [0.15, 0.2) is 0 Å². The smallest absolute Gasteiger partial charge is 0.142 e. The van der Waals surface area contributed by atoms with Crippen molar-refractivity contribution >= 4 is 16.7 Å². The van der Waals surface area contributed by atoms with E-state index in [2.05, 4.69) is 21.0 Å². The van der Waals surface area contributed by atoms with Crippen LogP contribution in [0.25, 0.3) is 22.2 Å². The van der Waals surface area contributed by atoms with Gasteiger partial charge in [0.2, 0.25) is 0 Å². The molecule has 0 bridgehead atoms. The highest BCUT2D eigenvalue weighted by atomic mass is 14.9. The number of nitrogen functional groups attached to an aromatic ring is 1. The van der Waals surface area contributed by atoms with Crippen LogP contribution >= 0.6 is 0 Å². The van der Waals surface area contributed by atoms with Crippen LogP contribution in [0.15, 0.2) is 30.7 Å². The third-order valence-electron chi connectivity index (χ3n) is 3.19. The van der Waals surface area contributed by atoms with Crippen LogP contribution in [0, 0.1) is 18.3 Å². The van der Waals surface area contributed by atoms with Gasteiger partial charge < -0.3 is 10.7 Å². The van der Waals surface area contributed by atoms with Gasteiger partial charge in [-0.2, -0.15) is 5.26 Å². The summed E-state index contributed by atoms with van der Waals surface area (Å²) in [4.78, 5) is 11.4. The summed E-state index contributed by atoms with van der Waals surface area (Å²) >= 11 is 0. The van der Waals surface area contributed by atoms with E-state index in [1.807, 2.05) is 25.1 Å². The van der Waals surface area contributed by atoms with Crippen LogP contribution in [-0.2, 0) is 0 Å². The van der Waals surface area contributed by atoms with Gasteiger partial charge in [-0.3, -0.25) is 0 Å². The molecule has 3 aromatic rings. The lowest BCUT2D eigenvalue weighted by Crippen LogP contribution is -1.99. The zero-order valence-corrected chi connectivity index (χ0v) is 10.3. The molecule has 0 radical (unpaired) electrons. The van der Waals surface area contributed by atoms with Crippen molar-refractivity contribution in [3.05, 3.63) is 41.9 Å². The predicted molar refractivity (Wildman–Crippen MR) is 73.2 cm³/mol. The average Bonchev–Trinajstić information content (AvgIpc) is 2.92. The lowest BCUT2D eigenvalue weighted by atomic mass is 9.98. The number of anilines is 1. The van der Waals surface area contributed by atoms with Crippen LogP contribution < -0.4 is 5.73 Å². The number of aromatic nitrogens is 3. The van der Waals surface area contributed by atoms with Gasteiger partial charge in [0.05, 0.1) is 29.3 Å². The number of pyridine rings is 1. The first-order valence-electron chi connectivity index (χ1n) is 5.80. The summed E-state index contributed by atoms with van der Waals surface area (Å²) in [7, 11) is 0. The molecule has 0 atom stereocenters. The molecule has 3 N–H and O–H groups in total. The molecule has 0 fully saturated rings. The van der Waals surface area contributed by atoms with Crippen LogP contribution in [-0.4, -0.2) is 15.0 Å². The number of nitrogens with two attached hydrogens (primary N) is 1. The second-order valence-electron chi connectivity index (χ2n) is 4.27. The van der Waals surface area contributed by atoms with Gasteiger partial charge in [0.1, 0.15) is 11.9 Å². The number of hydrogen-bond acceptors (Lipinski definition) is 4. The van der Waals surface area contributed by atoms with Crippen LogP contribution in [0.5, 0.6) is 0 Å². The molecule has 2 heterocycles. The minimum atomic E-state index is 0.272. The summed E-state index contributed by atoms with van der Waals surface area (Å²) in [6, 6.07) is 7.89. The molecule has 5 nitrogen and oxygen atoms in total. The maximum absolute atomic E-state index is 9.19. The van der Waals surface area contributed by atoms with Gasteiger partial charge in [-0.25, -0.2) is 9.97 Å². The van der Waals surface area contributed by atoms with Gasteiger partial charge in [0, 0.05) is 10.9 Å². The van der Waals surface area contributed by atoms with Crippen LogP contribution in [0.2, 0.25) is 0 Å². The number of nitrogens with one attached hydrogen (secondary N) is 1. The van der Waals surface area contributed by atoms with Gasteiger partial charge in [-0.05, 0) is 18.6 Å². The lowest BCUT2D eigenvalue weighted by molar-refractivity contribution is 1.31. The van der Waals surface area contributed by atoms with E-state index in [9.17, 15) is 5.26 Å². The average molecular weight is 249 g/mol. The molecule has 19 heavy (non-hydrogen) atoms. The molecular weight excluding hydrogens is 238 g/mol. The summed E-state index contributed by atoms with van der Waals surface area (Å²) in [5.74, 6) is 0.272. The fraction of sp³-hybridized carbons (Fsp3) is 0.0714. The van der Waals surface area contributed by atoms with E-state index in [0.29, 0.717) is 5.56 Å². The van der Waals surface area contributed by atoms with E-state index in [1.54, 1.807) is 12.5 Å². The second kappa shape index (κ2) is 4.10. The van der Waals surface area contributed by atoms with Crippen molar-refractivity contribution in [2.45, 2.75) is 6.92 Å². The fourth-order valence-corrected chi connectivity index (χ4v) is 2.30. The molecule has 0 saturated heterocycles. The Morgan fingerprint density at radius 1 is 1.37 bits per heavy atom. The minimum absolute atomic E-state index is 0.272. The molecule has 3 rings (SSSR count). The normalized spacial score (nSPS) is 10.5. The fourth-order valence-electron chi connectivity index (χ4n) is 2.30. The first-order valence-corrected chi connectivity index (χ1v) is 5.80. The molecule has 92 valence electrons. The summed E-state index contributed by atoms with van der Waals surface area (Å²) < 4.78 is 0. The summed E-state index contributed by atoms with van der Waals surface area (Å²) in [6.07, 6.45) is 3.37. The maximum Gasteiger partial charge on any atom is 0.142 e. The Kier molecular flexibility index (Phi) is 2.43. The Hall–Kier alpha value is -2.87. The summed E-state index contributed by atoms with van der Waals surface area (Å²) in [6.45, 7) is 1.89. The van der Waals surface area contributed by atoms with Crippen molar-refractivity contribution in [2.75, 3.05) is 5.73 Å². The zero-order valence-electron chi connectivity index (χ0n) is 10.3. The number of nitriles is 1. The van der Waals surface area contributed by atoms with Gasteiger partial charge in [0.25, 0.3) is 0 Å². The molecule has 5 heteroatoms. The van der Waals surface area contributed by atoms with Crippen LogP contribution in [0.4, 0.5) is 5.82 Å².